The van der Waals surface area contributed by atoms with Crippen molar-refractivity contribution in [1.29, 1.82) is 0 Å². The fourth-order valence-electron chi connectivity index (χ4n) is 1.08. The highest BCUT2D eigenvalue weighted by atomic mass is 19.3. The van der Waals surface area contributed by atoms with Gasteiger partial charge in [-0.1, -0.05) is 12.1 Å². The third kappa shape index (κ3) is 2.18. The van der Waals surface area contributed by atoms with Crippen LogP contribution in [0, 0.1) is 0 Å². The van der Waals surface area contributed by atoms with E-state index in [1.54, 1.807) is 0 Å². The van der Waals surface area contributed by atoms with Gasteiger partial charge in [0, 0.05) is 0 Å². The van der Waals surface area contributed by atoms with Gasteiger partial charge >= 0.3 is 5.97 Å². The Morgan fingerprint density at radius 2 is 1.71 bits per heavy atom. The summed E-state index contributed by atoms with van der Waals surface area (Å²) in [5.41, 5.74) is -0.0229. The van der Waals surface area contributed by atoms with Gasteiger partial charge in [-0.2, -0.15) is 0 Å². The SMILES string of the molecule is O=C(O)C(c1ccc(O)cc1)C(F)F. The molecule has 1 aromatic rings. The van der Waals surface area contributed by atoms with Crippen LogP contribution in [0.25, 0.3) is 0 Å². The number of aliphatic carboxylic acids is 1. The molecule has 0 heterocycles. The van der Waals surface area contributed by atoms with Gasteiger partial charge in [-0.25, -0.2) is 8.78 Å². The minimum atomic E-state index is -2.96. The predicted molar refractivity (Wildman–Crippen MR) is 44.5 cm³/mol. The molecule has 0 saturated carbocycles. The van der Waals surface area contributed by atoms with Crippen molar-refractivity contribution in [2.24, 2.45) is 0 Å². The third-order valence-corrected chi connectivity index (χ3v) is 1.77. The van der Waals surface area contributed by atoms with E-state index in [0.29, 0.717) is 0 Å². The van der Waals surface area contributed by atoms with Crippen molar-refractivity contribution in [2.45, 2.75) is 12.3 Å². The summed E-state index contributed by atoms with van der Waals surface area (Å²) in [4.78, 5) is 10.5. The van der Waals surface area contributed by atoms with Gasteiger partial charge in [0.25, 0.3) is 6.43 Å². The molecule has 1 rings (SSSR count). The second-order valence-electron chi connectivity index (χ2n) is 2.74. The zero-order valence-electron chi connectivity index (χ0n) is 7.02. The molecule has 14 heavy (non-hydrogen) atoms. The average molecular weight is 202 g/mol. The van der Waals surface area contributed by atoms with Gasteiger partial charge in [0.1, 0.15) is 11.7 Å². The summed E-state index contributed by atoms with van der Waals surface area (Å²) in [6, 6.07) is 4.68. The summed E-state index contributed by atoms with van der Waals surface area (Å²) in [6.45, 7) is 0. The molecule has 0 fully saturated rings. The van der Waals surface area contributed by atoms with Gasteiger partial charge in [0.15, 0.2) is 0 Å². The van der Waals surface area contributed by atoms with E-state index in [-0.39, 0.29) is 11.3 Å². The van der Waals surface area contributed by atoms with Crippen LogP contribution in [0.15, 0.2) is 24.3 Å². The van der Waals surface area contributed by atoms with Gasteiger partial charge in [0.05, 0.1) is 0 Å². The zero-order chi connectivity index (χ0) is 10.7. The molecule has 1 atom stereocenters. The quantitative estimate of drug-likeness (QED) is 0.786. The molecule has 1 unspecified atom stereocenters. The molecule has 3 nitrogen and oxygen atoms in total. The van der Waals surface area contributed by atoms with E-state index in [1.807, 2.05) is 0 Å². The van der Waals surface area contributed by atoms with Crippen molar-refractivity contribution in [3.63, 3.8) is 0 Å². The van der Waals surface area contributed by atoms with Crippen LogP contribution in [0.4, 0.5) is 8.78 Å². The summed E-state index contributed by atoms with van der Waals surface area (Å²) in [5, 5.41) is 17.4. The van der Waals surface area contributed by atoms with Crippen LogP contribution in [0.3, 0.4) is 0 Å². The Labute approximate surface area is 78.6 Å². The Morgan fingerprint density at radius 3 is 2.07 bits per heavy atom. The van der Waals surface area contributed by atoms with Crippen molar-refractivity contribution in [1.82, 2.24) is 0 Å². The molecular formula is C9H8F2O3. The first-order chi connectivity index (χ1) is 6.52. The molecule has 0 aromatic heterocycles. The van der Waals surface area contributed by atoms with Crippen LogP contribution < -0.4 is 0 Å². The summed E-state index contributed by atoms with van der Waals surface area (Å²) in [6.07, 6.45) is -2.96. The van der Waals surface area contributed by atoms with Gasteiger partial charge in [-0.3, -0.25) is 4.79 Å². The number of hydrogen-bond donors (Lipinski definition) is 2. The van der Waals surface area contributed by atoms with Crippen LogP contribution in [-0.2, 0) is 4.79 Å². The van der Waals surface area contributed by atoms with Crippen molar-refractivity contribution < 1.29 is 23.8 Å². The molecule has 1 aromatic carbocycles. The fourth-order valence-corrected chi connectivity index (χ4v) is 1.08. The highest BCUT2D eigenvalue weighted by Gasteiger charge is 2.29. The predicted octanol–water partition coefficient (Wildman–Crippen LogP) is 1.83. The third-order valence-electron chi connectivity index (χ3n) is 1.77. The number of benzene rings is 1. The Hall–Kier alpha value is -1.65. The molecule has 0 aliphatic carbocycles. The lowest BCUT2D eigenvalue weighted by Gasteiger charge is -2.10. The number of aromatic hydroxyl groups is 1. The van der Waals surface area contributed by atoms with Crippen molar-refractivity contribution in [2.75, 3.05) is 0 Å². The lowest BCUT2D eigenvalue weighted by molar-refractivity contribution is -0.142. The minimum Gasteiger partial charge on any atom is -0.508 e. The molecular weight excluding hydrogens is 194 g/mol. The number of halogens is 2. The molecule has 76 valence electrons. The van der Waals surface area contributed by atoms with Crippen molar-refractivity contribution in [3.8, 4) is 5.75 Å². The molecule has 0 aliphatic rings. The highest BCUT2D eigenvalue weighted by Crippen LogP contribution is 2.25. The van der Waals surface area contributed by atoms with E-state index >= 15 is 0 Å². The van der Waals surface area contributed by atoms with Gasteiger partial charge in [-0.05, 0) is 17.7 Å². The minimum absolute atomic E-state index is 0.0229. The zero-order valence-corrected chi connectivity index (χ0v) is 7.02. The second-order valence-corrected chi connectivity index (χ2v) is 2.74. The first kappa shape index (κ1) is 10.4. The Balaban J connectivity index is 3.00. The number of carboxylic acids is 1. The maximum absolute atomic E-state index is 12.3. The standard InChI is InChI=1S/C9H8F2O3/c10-8(11)7(9(13)14)5-1-3-6(12)4-2-5/h1-4,7-8,12H,(H,13,14). The molecule has 5 heteroatoms. The first-order valence-corrected chi connectivity index (χ1v) is 3.82. The highest BCUT2D eigenvalue weighted by molar-refractivity contribution is 5.76. The van der Waals surface area contributed by atoms with E-state index < -0.39 is 18.3 Å². The molecule has 0 amide bonds. The first-order valence-electron chi connectivity index (χ1n) is 3.82. The number of phenolic OH excluding ortho intramolecular Hbond substituents is 1. The van der Waals surface area contributed by atoms with Crippen LogP contribution >= 0.6 is 0 Å². The smallest absolute Gasteiger partial charge is 0.316 e. The number of carbonyl (C=O) groups is 1. The number of rotatable bonds is 3. The number of alkyl halides is 2. The largest absolute Gasteiger partial charge is 0.508 e. The molecule has 0 saturated heterocycles. The Morgan fingerprint density at radius 1 is 1.21 bits per heavy atom. The lowest BCUT2D eigenvalue weighted by Crippen LogP contribution is -2.19. The summed E-state index contributed by atoms with van der Waals surface area (Å²) in [5.74, 6) is -3.51. The van der Waals surface area contributed by atoms with Crippen LogP contribution in [0.5, 0.6) is 5.75 Å². The van der Waals surface area contributed by atoms with Crippen LogP contribution in [0.1, 0.15) is 11.5 Å². The van der Waals surface area contributed by atoms with E-state index in [2.05, 4.69) is 0 Å². The van der Waals surface area contributed by atoms with Crippen LogP contribution in [-0.4, -0.2) is 22.6 Å². The molecule has 2 N–H and O–H groups in total. The van der Waals surface area contributed by atoms with Crippen LogP contribution in [0.2, 0.25) is 0 Å². The van der Waals surface area contributed by atoms with Gasteiger partial charge < -0.3 is 10.2 Å². The second kappa shape index (κ2) is 4.04. The maximum Gasteiger partial charge on any atom is 0.316 e. The van der Waals surface area contributed by atoms with E-state index in [0.717, 1.165) is 0 Å². The maximum atomic E-state index is 12.3. The summed E-state index contributed by atoms with van der Waals surface area (Å²) < 4.78 is 24.6. The van der Waals surface area contributed by atoms with Gasteiger partial charge in [-0.15, -0.1) is 0 Å². The number of phenols is 1. The molecule has 0 spiro atoms. The van der Waals surface area contributed by atoms with Crippen molar-refractivity contribution >= 4 is 5.97 Å². The number of hydrogen-bond acceptors (Lipinski definition) is 2. The number of carboxylic acid groups (broad SMARTS) is 1. The average Bonchev–Trinajstić information content (AvgIpc) is 2.07. The van der Waals surface area contributed by atoms with Crippen molar-refractivity contribution in [3.05, 3.63) is 29.8 Å². The molecule has 0 aliphatic heterocycles. The molecule has 0 radical (unpaired) electrons. The topological polar surface area (TPSA) is 57.5 Å². The van der Waals surface area contributed by atoms with E-state index in [1.165, 1.54) is 24.3 Å². The summed E-state index contributed by atoms with van der Waals surface area (Å²) in [7, 11) is 0. The van der Waals surface area contributed by atoms with Gasteiger partial charge in [0.2, 0.25) is 0 Å². The monoisotopic (exact) mass is 202 g/mol. The normalized spacial score (nSPS) is 12.8. The lowest BCUT2D eigenvalue weighted by atomic mass is 10.00. The Kier molecular flexibility index (Phi) is 3.01. The van der Waals surface area contributed by atoms with E-state index in [4.69, 9.17) is 10.2 Å². The molecule has 0 bridgehead atoms. The fraction of sp³-hybridized carbons (Fsp3) is 0.222. The Bertz CT molecular complexity index is 321. The summed E-state index contributed by atoms with van der Waals surface area (Å²) >= 11 is 0. The van der Waals surface area contributed by atoms with E-state index in [9.17, 15) is 13.6 Å².